The molecular weight excluding hydrogens is 240 g/mol. The molecule has 1 aromatic carbocycles. The standard InChI is InChI=1S/C15H20N2S/c1-9-7-10(2)14(11(3)8-9)15-12(4)17-13(18-15)5-6-16/h7-8H,5-6,16H2,1-4H3. The monoisotopic (exact) mass is 260 g/mol. The summed E-state index contributed by atoms with van der Waals surface area (Å²) in [5, 5.41) is 1.14. The smallest absolute Gasteiger partial charge is 0.0947 e. The minimum Gasteiger partial charge on any atom is -0.330 e. The molecule has 2 nitrogen and oxygen atoms in total. The van der Waals surface area contributed by atoms with E-state index < -0.39 is 0 Å². The third kappa shape index (κ3) is 2.47. The molecule has 0 aliphatic rings. The van der Waals surface area contributed by atoms with Gasteiger partial charge in [0, 0.05) is 6.42 Å². The van der Waals surface area contributed by atoms with Gasteiger partial charge in [-0.05, 0) is 50.9 Å². The summed E-state index contributed by atoms with van der Waals surface area (Å²) in [5.41, 5.74) is 12.1. The molecule has 0 radical (unpaired) electrons. The number of nitrogens with two attached hydrogens (primary N) is 1. The molecule has 0 spiro atoms. The normalized spacial score (nSPS) is 10.9. The van der Waals surface area contributed by atoms with Crippen molar-refractivity contribution in [1.29, 1.82) is 0 Å². The molecule has 0 atom stereocenters. The highest BCUT2D eigenvalue weighted by Gasteiger charge is 2.13. The summed E-state index contributed by atoms with van der Waals surface area (Å²) in [6.07, 6.45) is 0.870. The van der Waals surface area contributed by atoms with E-state index in [0.29, 0.717) is 6.54 Å². The SMILES string of the molecule is Cc1cc(C)c(-c2sc(CCN)nc2C)c(C)c1. The van der Waals surface area contributed by atoms with Crippen LogP contribution in [-0.4, -0.2) is 11.5 Å². The van der Waals surface area contributed by atoms with Gasteiger partial charge in [0.05, 0.1) is 15.6 Å². The fraction of sp³-hybridized carbons (Fsp3) is 0.400. The Morgan fingerprint density at radius 2 is 1.72 bits per heavy atom. The zero-order valence-electron chi connectivity index (χ0n) is 11.5. The van der Waals surface area contributed by atoms with Gasteiger partial charge < -0.3 is 5.73 Å². The van der Waals surface area contributed by atoms with Crippen LogP contribution in [0.3, 0.4) is 0 Å². The Balaban J connectivity index is 2.55. The summed E-state index contributed by atoms with van der Waals surface area (Å²) in [7, 11) is 0. The first kappa shape index (κ1) is 13.2. The molecule has 2 rings (SSSR count). The van der Waals surface area contributed by atoms with Crippen molar-refractivity contribution < 1.29 is 0 Å². The van der Waals surface area contributed by atoms with Crippen molar-refractivity contribution in [2.75, 3.05) is 6.54 Å². The van der Waals surface area contributed by atoms with Gasteiger partial charge in [0.1, 0.15) is 0 Å². The highest BCUT2D eigenvalue weighted by molar-refractivity contribution is 7.15. The lowest BCUT2D eigenvalue weighted by atomic mass is 9.98. The predicted molar refractivity (Wildman–Crippen MR) is 79.3 cm³/mol. The van der Waals surface area contributed by atoms with Gasteiger partial charge in [0.2, 0.25) is 0 Å². The van der Waals surface area contributed by atoms with Crippen molar-refractivity contribution in [2.45, 2.75) is 34.1 Å². The third-order valence-electron chi connectivity index (χ3n) is 3.10. The van der Waals surface area contributed by atoms with E-state index in [2.05, 4.69) is 44.8 Å². The van der Waals surface area contributed by atoms with Crippen LogP contribution < -0.4 is 5.73 Å². The zero-order valence-corrected chi connectivity index (χ0v) is 12.3. The molecule has 18 heavy (non-hydrogen) atoms. The Hall–Kier alpha value is -1.19. The molecule has 1 heterocycles. The average molecular weight is 260 g/mol. The van der Waals surface area contributed by atoms with Crippen LogP contribution in [0.2, 0.25) is 0 Å². The summed E-state index contributed by atoms with van der Waals surface area (Å²) in [6.45, 7) is 9.25. The summed E-state index contributed by atoms with van der Waals surface area (Å²) in [5.74, 6) is 0. The highest BCUT2D eigenvalue weighted by atomic mass is 32.1. The molecule has 1 aromatic heterocycles. The lowest BCUT2D eigenvalue weighted by molar-refractivity contribution is 0.945. The number of hydrogen-bond donors (Lipinski definition) is 1. The average Bonchev–Trinajstić information content (AvgIpc) is 2.59. The van der Waals surface area contributed by atoms with Gasteiger partial charge in [-0.25, -0.2) is 4.98 Å². The van der Waals surface area contributed by atoms with Crippen molar-refractivity contribution in [3.8, 4) is 10.4 Å². The van der Waals surface area contributed by atoms with Crippen LogP contribution in [0.1, 0.15) is 27.4 Å². The van der Waals surface area contributed by atoms with Crippen LogP contribution in [0, 0.1) is 27.7 Å². The lowest BCUT2D eigenvalue weighted by Gasteiger charge is -2.10. The molecule has 0 fully saturated rings. The molecule has 0 aliphatic heterocycles. The molecule has 0 unspecified atom stereocenters. The molecule has 3 heteroatoms. The largest absolute Gasteiger partial charge is 0.330 e. The van der Waals surface area contributed by atoms with Crippen LogP contribution in [0.15, 0.2) is 12.1 Å². The van der Waals surface area contributed by atoms with Crippen molar-refractivity contribution in [3.05, 3.63) is 39.5 Å². The Morgan fingerprint density at radius 1 is 1.11 bits per heavy atom. The zero-order chi connectivity index (χ0) is 13.3. The topological polar surface area (TPSA) is 38.9 Å². The molecule has 0 saturated heterocycles. The fourth-order valence-electron chi connectivity index (χ4n) is 2.45. The fourth-order valence-corrected chi connectivity index (χ4v) is 3.71. The highest BCUT2D eigenvalue weighted by Crippen LogP contribution is 2.35. The van der Waals surface area contributed by atoms with Gasteiger partial charge in [-0.2, -0.15) is 0 Å². The van der Waals surface area contributed by atoms with E-state index in [4.69, 9.17) is 5.73 Å². The van der Waals surface area contributed by atoms with E-state index in [0.717, 1.165) is 17.1 Å². The number of aromatic nitrogens is 1. The van der Waals surface area contributed by atoms with Gasteiger partial charge in [0.15, 0.2) is 0 Å². The molecule has 2 N–H and O–H groups in total. The van der Waals surface area contributed by atoms with Gasteiger partial charge in [-0.1, -0.05) is 17.7 Å². The molecule has 0 aliphatic carbocycles. The summed E-state index contributed by atoms with van der Waals surface area (Å²) in [6, 6.07) is 4.48. The minimum atomic E-state index is 0.665. The van der Waals surface area contributed by atoms with Crippen LogP contribution in [0.5, 0.6) is 0 Å². The molecule has 96 valence electrons. The maximum atomic E-state index is 5.60. The Labute approximate surface area is 113 Å². The van der Waals surface area contributed by atoms with Gasteiger partial charge >= 0.3 is 0 Å². The van der Waals surface area contributed by atoms with Gasteiger partial charge in [-0.3, -0.25) is 0 Å². The van der Waals surface area contributed by atoms with Crippen LogP contribution in [0.4, 0.5) is 0 Å². The Kier molecular flexibility index (Phi) is 3.83. The maximum Gasteiger partial charge on any atom is 0.0947 e. The van der Waals surface area contributed by atoms with E-state index in [1.54, 1.807) is 11.3 Å². The van der Waals surface area contributed by atoms with E-state index in [9.17, 15) is 0 Å². The van der Waals surface area contributed by atoms with Crippen LogP contribution in [0.25, 0.3) is 10.4 Å². The first-order valence-electron chi connectivity index (χ1n) is 6.27. The number of aryl methyl sites for hydroxylation is 4. The molecule has 0 amide bonds. The quantitative estimate of drug-likeness (QED) is 0.916. The first-order chi connectivity index (χ1) is 8.52. The van der Waals surface area contributed by atoms with E-state index in [1.165, 1.54) is 27.1 Å². The molecular formula is C15H20N2S. The minimum absolute atomic E-state index is 0.665. The van der Waals surface area contributed by atoms with Crippen molar-refractivity contribution in [2.24, 2.45) is 5.73 Å². The van der Waals surface area contributed by atoms with Gasteiger partial charge in [0.25, 0.3) is 0 Å². The number of rotatable bonds is 3. The predicted octanol–water partition coefficient (Wildman–Crippen LogP) is 3.54. The number of thiazole rings is 1. The van der Waals surface area contributed by atoms with Crippen molar-refractivity contribution >= 4 is 11.3 Å². The van der Waals surface area contributed by atoms with Gasteiger partial charge in [-0.15, -0.1) is 11.3 Å². The molecule has 0 bridgehead atoms. The van der Waals surface area contributed by atoms with Crippen LogP contribution >= 0.6 is 11.3 Å². The second-order valence-corrected chi connectivity index (χ2v) is 5.92. The third-order valence-corrected chi connectivity index (χ3v) is 4.34. The second kappa shape index (κ2) is 5.21. The Morgan fingerprint density at radius 3 is 2.28 bits per heavy atom. The Bertz CT molecular complexity index is 547. The summed E-state index contributed by atoms with van der Waals surface area (Å²) >= 11 is 1.78. The maximum absolute atomic E-state index is 5.60. The summed E-state index contributed by atoms with van der Waals surface area (Å²) < 4.78 is 0. The first-order valence-corrected chi connectivity index (χ1v) is 7.09. The van der Waals surface area contributed by atoms with Crippen molar-refractivity contribution in [3.63, 3.8) is 0 Å². The summed E-state index contributed by atoms with van der Waals surface area (Å²) in [4.78, 5) is 5.92. The number of benzene rings is 1. The number of hydrogen-bond acceptors (Lipinski definition) is 3. The second-order valence-electron chi connectivity index (χ2n) is 4.83. The van der Waals surface area contributed by atoms with E-state index in [1.807, 2.05) is 0 Å². The number of nitrogens with zero attached hydrogens (tertiary/aromatic N) is 1. The molecule has 0 saturated carbocycles. The van der Waals surface area contributed by atoms with E-state index in [-0.39, 0.29) is 0 Å². The molecule has 2 aromatic rings. The lowest BCUT2D eigenvalue weighted by Crippen LogP contribution is -2.01. The van der Waals surface area contributed by atoms with Crippen LogP contribution in [-0.2, 0) is 6.42 Å². The van der Waals surface area contributed by atoms with E-state index >= 15 is 0 Å². The van der Waals surface area contributed by atoms with Crippen molar-refractivity contribution in [1.82, 2.24) is 4.98 Å².